The Balaban J connectivity index is 2.10. The second kappa shape index (κ2) is 7.02. The lowest BCUT2D eigenvalue weighted by atomic mass is 9.98. The minimum atomic E-state index is 0.634. The number of allylic oxidation sites excluding steroid dienone is 1. The molecule has 88 valence electrons. The molecule has 0 aromatic carbocycles. The summed E-state index contributed by atoms with van der Waals surface area (Å²) in [5.41, 5.74) is 0. The molecule has 0 aromatic rings. The van der Waals surface area contributed by atoms with Gasteiger partial charge in [0, 0.05) is 12.6 Å². The number of nitrogens with zero attached hydrogens (tertiary/aromatic N) is 1. The Morgan fingerprint density at radius 1 is 1.60 bits per heavy atom. The Morgan fingerprint density at radius 3 is 3.07 bits per heavy atom. The van der Waals surface area contributed by atoms with E-state index in [2.05, 4.69) is 30.8 Å². The van der Waals surface area contributed by atoms with Crippen LogP contribution in [0.15, 0.2) is 12.7 Å². The van der Waals surface area contributed by atoms with Crippen molar-refractivity contribution in [2.24, 2.45) is 5.92 Å². The van der Waals surface area contributed by atoms with E-state index in [9.17, 15) is 0 Å². The van der Waals surface area contributed by atoms with E-state index in [1.807, 2.05) is 6.08 Å². The van der Waals surface area contributed by atoms with Crippen molar-refractivity contribution < 1.29 is 0 Å². The normalized spacial score (nSPS) is 25.1. The first-order valence-corrected chi connectivity index (χ1v) is 6.25. The van der Waals surface area contributed by atoms with E-state index in [1.54, 1.807) is 0 Å². The van der Waals surface area contributed by atoms with Gasteiger partial charge in [0.2, 0.25) is 0 Å². The monoisotopic (exact) mass is 210 g/mol. The summed E-state index contributed by atoms with van der Waals surface area (Å²) in [6.07, 6.45) is 7.10. The van der Waals surface area contributed by atoms with Crippen molar-refractivity contribution >= 4 is 0 Å². The summed E-state index contributed by atoms with van der Waals surface area (Å²) in [4.78, 5) is 2.45. The van der Waals surface area contributed by atoms with Gasteiger partial charge in [0.25, 0.3) is 0 Å². The highest BCUT2D eigenvalue weighted by Gasteiger charge is 2.17. The minimum Gasteiger partial charge on any atom is -0.314 e. The molecule has 0 amide bonds. The summed E-state index contributed by atoms with van der Waals surface area (Å²) in [5, 5.41) is 3.63. The molecule has 2 unspecified atom stereocenters. The zero-order valence-electron chi connectivity index (χ0n) is 10.3. The van der Waals surface area contributed by atoms with Crippen LogP contribution in [0.2, 0.25) is 0 Å². The van der Waals surface area contributed by atoms with Gasteiger partial charge in [0.15, 0.2) is 0 Å². The fourth-order valence-corrected chi connectivity index (χ4v) is 2.28. The van der Waals surface area contributed by atoms with E-state index in [0.717, 1.165) is 12.3 Å². The first-order chi connectivity index (χ1) is 7.22. The molecule has 1 aliphatic heterocycles. The molecule has 0 aliphatic carbocycles. The van der Waals surface area contributed by atoms with Crippen molar-refractivity contribution in [3.63, 3.8) is 0 Å². The Morgan fingerprint density at radius 2 is 2.40 bits per heavy atom. The van der Waals surface area contributed by atoms with E-state index in [4.69, 9.17) is 0 Å². The Kier molecular flexibility index (Phi) is 5.96. The maximum atomic E-state index is 3.76. The SMILES string of the molecule is C=CCCC(C)NCC1CCCN(C)C1. The van der Waals surface area contributed by atoms with Gasteiger partial charge in [0.1, 0.15) is 0 Å². The largest absolute Gasteiger partial charge is 0.314 e. The predicted molar refractivity (Wildman–Crippen MR) is 67.1 cm³/mol. The van der Waals surface area contributed by atoms with Crippen LogP contribution in [0.4, 0.5) is 0 Å². The van der Waals surface area contributed by atoms with E-state index >= 15 is 0 Å². The standard InChI is InChI=1S/C13H26N2/c1-4-5-7-12(2)14-10-13-8-6-9-15(3)11-13/h4,12-14H,1,5-11H2,2-3H3. The van der Waals surface area contributed by atoms with Crippen LogP contribution in [-0.4, -0.2) is 37.6 Å². The van der Waals surface area contributed by atoms with Crippen LogP contribution in [0, 0.1) is 5.92 Å². The molecule has 1 N–H and O–H groups in total. The molecule has 0 saturated carbocycles. The summed E-state index contributed by atoms with van der Waals surface area (Å²) in [7, 11) is 2.23. The zero-order chi connectivity index (χ0) is 11.1. The lowest BCUT2D eigenvalue weighted by molar-refractivity contribution is 0.203. The fourth-order valence-electron chi connectivity index (χ4n) is 2.28. The number of nitrogens with one attached hydrogen (secondary N) is 1. The molecule has 2 heteroatoms. The van der Waals surface area contributed by atoms with Gasteiger partial charge in [-0.3, -0.25) is 0 Å². The minimum absolute atomic E-state index is 0.634. The van der Waals surface area contributed by atoms with Crippen LogP contribution < -0.4 is 5.32 Å². The van der Waals surface area contributed by atoms with Gasteiger partial charge in [-0.05, 0) is 58.7 Å². The molecule has 0 aromatic heterocycles. The third-order valence-corrected chi connectivity index (χ3v) is 3.28. The summed E-state index contributed by atoms with van der Waals surface area (Å²) in [5.74, 6) is 0.856. The molecule has 1 heterocycles. The van der Waals surface area contributed by atoms with Crippen molar-refractivity contribution in [1.82, 2.24) is 10.2 Å². The van der Waals surface area contributed by atoms with Gasteiger partial charge in [-0.15, -0.1) is 6.58 Å². The van der Waals surface area contributed by atoms with Crippen molar-refractivity contribution in [3.8, 4) is 0 Å². The number of hydrogen-bond donors (Lipinski definition) is 1. The summed E-state index contributed by atoms with van der Waals surface area (Å²) in [6, 6.07) is 0.634. The molecule has 15 heavy (non-hydrogen) atoms. The molecular formula is C13H26N2. The number of rotatable bonds is 6. The number of piperidine rings is 1. The fraction of sp³-hybridized carbons (Fsp3) is 0.846. The average Bonchev–Trinajstić information content (AvgIpc) is 2.23. The van der Waals surface area contributed by atoms with Gasteiger partial charge in [-0.2, -0.15) is 0 Å². The van der Waals surface area contributed by atoms with E-state index in [-0.39, 0.29) is 0 Å². The van der Waals surface area contributed by atoms with Gasteiger partial charge < -0.3 is 10.2 Å². The summed E-state index contributed by atoms with van der Waals surface area (Å²) in [6.45, 7) is 9.76. The highest BCUT2D eigenvalue weighted by molar-refractivity contribution is 4.75. The molecule has 2 atom stereocenters. The average molecular weight is 210 g/mol. The quantitative estimate of drug-likeness (QED) is 0.677. The van der Waals surface area contributed by atoms with Crippen molar-refractivity contribution in [1.29, 1.82) is 0 Å². The first-order valence-electron chi connectivity index (χ1n) is 6.25. The summed E-state index contributed by atoms with van der Waals surface area (Å²) >= 11 is 0. The molecule has 1 aliphatic rings. The topological polar surface area (TPSA) is 15.3 Å². The lowest BCUT2D eigenvalue weighted by Gasteiger charge is -2.30. The second-order valence-corrected chi connectivity index (χ2v) is 4.95. The van der Waals surface area contributed by atoms with Crippen molar-refractivity contribution in [2.75, 3.05) is 26.7 Å². The second-order valence-electron chi connectivity index (χ2n) is 4.95. The molecular weight excluding hydrogens is 184 g/mol. The molecule has 0 spiro atoms. The van der Waals surface area contributed by atoms with Crippen LogP contribution in [0.3, 0.4) is 0 Å². The van der Waals surface area contributed by atoms with E-state index in [0.29, 0.717) is 6.04 Å². The van der Waals surface area contributed by atoms with Crippen LogP contribution in [0.25, 0.3) is 0 Å². The molecule has 0 radical (unpaired) electrons. The number of likely N-dealkylation sites (tertiary alicyclic amines) is 1. The van der Waals surface area contributed by atoms with Crippen LogP contribution in [0.5, 0.6) is 0 Å². The lowest BCUT2D eigenvalue weighted by Crippen LogP contribution is -2.39. The highest BCUT2D eigenvalue weighted by atomic mass is 15.1. The van der Waals surface area contributed by atoms with Crippen molar-refractivity contribution in [3.05, 3.63) is 12.7 Å². The predicted octanol–water partition coefficient (Wildman–Crippen LogP) is 2.27. The van der Waals surface area contributed by atoms with E-state index < -0.39 is 0 Å². The third kappa shape index (κ3) is 5.33. The molecule has 0 bridgehead atoms. The highest BCUT2D eigenvalue weighted by Crippen LogP contribution is 2.14. The first kappa shape index (κ1) is 12.7. The Bertz CT molecular complexity index is 179. The maximum Gasteiger partial charge on any atom is 0.00417 e. The molecule has 1 rings (SSSR count). The van der Waals surface area contributed by atoms with Gasteiger partial charge in [-0.1, -0.05) is 6.08 Å². The maximum absolute atomic E-state index is 3.76. The summed E-state index contributed by atoms with van der Waals surface area (Å²) < 4.78 is 0. The smallest absolute Gasteiger partial charge is 0.00417 e. The van der Waals surface area contributed by atoms with E-state index in [1.165, 1.54) is 38.9 Å². The Hall–Kier alpha value is -0.340. The third-order valence-electron chi connectivity index (χ3n) is 3.28. The number of hydrogen-bond acceptors (Lipinski definition) is 2. The van der Waals surface area contributed by atoms with Crippen LogP contribution in [-0.2, 0) is 0 Å². The van der Waals surface area contributed by atoms with Crippen molar-refractivity contribution in [2.45, 2.75) is 38.6 Å². The molecule has 1 saturated heterocycles. The Labute approximate surface area is 94.7 Å². The van der Waals surface area contributed by atoms with Crippen LogP contribution in [0.1, 0.15) is 32.6 Å². The van der Waals surface area contributed by atoms with Crippen LogP contribution >= 0.6 is 0 Å². The molecule has 2 nitrogen and oxygen atoms in total. The zero-order valence-corrected chi connectivity index (χ0v) is 10.3. The molecule has 1 fully saturated rings. The van der Waals surface area contributed by atoms with Gasteiger partial charge in [0.05, 0.1) is 0 Å². The van der Waals surface area contributed by atoms with Gasteiger partial charge >= 0.3 is 0 Å². The van der Waals surface area contributed by atoms with Gasteiger partial charge in [-0.25, -0.2) is 0 Å².